The molecule has 94 valence electrons. The minimum Gasteiger partial charge on any atom is -0.392 e. The molecule has 17 heavy (non-hydrogen) atoms. The largest absolute Gasteiger partial charge is 0.392 e. The molecule has 1 aliphatic rings. The number of nitrogens with zero attached hydrogens (tertiary/aromatic N) is 1. The standard InChI is InChI=1S/C14H22N2O/c1-2-16(14-7-8-15-9-14)10-12-3-5-13(11-17)6-4-12/h3-6,14-15,17H,2,7-11H2,1H3. The van der Waals surface area contributed by atoms with Gasteiger partial charge in [-0.25, -0.2) is 0 Å². The van der Waals surface area contributed by atoms with Gasteiger partial charge in [0.05, 0.1) is 6.61 Å². The van der Waals surface area contributed by atoms with Crippen LogP contribution < -0.4 is 5.32 Å². The highest BCUT2D eigenvalue weighted by molar-refractivity contribution is 5.22. The summed E-state index contributed by atoms with van der Waals surface area (Å²) in [6, 6.07) is 8.94. The van der Waals surface area contributed by atoms with Crippen molar-refractivity contribution in [3.63, 3.8) is 0 Å². The van der Waals surface area contributed by atoms with Crippen molar-refractivity contribution in [1.82, 2.24) is 10.2 Å². The Hall–Kier alpha value is -0.900. The molecule has 0 amide bonds. The Kier molecular flexibility index (Phi) is 4.54. The van der Waals surface area contributed by atoms with E-state index < -0.39 is 0 Å². The predicted molar refractivity (Wildman–Crippen MR) is 69.7 cm³/mol. The van der Waals surface area contributed by atoms with Crippen molar-refractivity contribution in [1.29, 1.82) is 0 Å². The molecule has 1 aliphatic heterocycles. The van der Waals surface area contributed by atoms with Gasteiger partial charge < -0.3 is 10.4 Å². The molecule has 1 aromatic carbocycles. The highest BCUT2D eigenvalue weighted by atomic mass is 16.3. The van der Waals surface area contributed by atoms with Gasteiger partial charge in [-0.15, -0.1) is 0 Å². The molecule has 3 nitrogen and oxygen atoms in total. The van der Waals surface area contributed by atoms with Crippen LogP contribution in [-0.4, -0.2) is 35.7 Å². The molecule has 1 fully saturated rings. The second-order valence-electron chi connectivity index (χ2n) is 4.68. The van der Waals surface area contributed by atoms with Crippen LogP contribution in [0, 0.1) is 0 Å². The molecule has 0 bridgehead atoms. The Morgan fingerprint density at radius 2 is 2.00 bits per heavy atom. The number of benzene rings is 1. The van der Waals surface area contributed by atoms with Crippen molar-refractivity contribution in [2.45, 2.75) is 32.5 Å². The molecule has 0 saturated carbocycles. The summed E-state index contributed by atoms with van der Waals surface area (Å²) in [5, 5.41) is 12.4. The highest BCUT2D eigenvalue weighted by Gasteiger charge is 2.20. The zero-order valence-electron chi connectivity index (χ0n) is 10.5. The predicted octanol–water partition coefficient (Wildman–Crippen LogP) is 1.36. The van der Waals surface area contributed by atoms with E-state index in [0.29, 0.717) is 6.04 Å². The van der Waals surface area contributed by atoms with Gasteiger partial charge in [0.25, 0.3) is 0 Å². The van der Waals surface area contributed by atoms with E-state index in [9.17, 15) is 0 Å². The summed E-state index contributed by atoms with van der Waals surface area (Å²) in [7, 11) is 0. The lowest BCUT2D eigenvalue weighted by molar-refractivity contribution is 0.210. The lowest BCUT2D eigenvalue weighted by atomic mass is 10.1. The molecular formula is C14H22N2O. The first-order valence-corrected chi connectivity index (χ1v) is 6.47. The quantitative estimate of drug-likeness (QED) is 0.807. The van der Waals surface area contributed by atoms with E-state index in [-0.39, 0.29) is 6.61 Å². The Morgan fingerprint density at radius 3 is 2.53 bits per heavy atom. The molecule has 1 heterocycles. The number of aliphatic hydroxyl groups is 1. The Morgan fingerprint density at radius 1 is 1.29 bits per heavy atom. The Balaban J connectivity index is 1.96. The van der Waals surface area contributed by atoms with Crippen molar-refractivity contribution in [3.8, 4) is 0 Å². The fraction of sp³-hybridized carbons (Fsp3) is 0.571. The van der Waals surface area contributed by atoms with E-state index >= 15 is 0 Å². The SMILES string of the molecule is CCN(Cc1ccc(CO)cc1)C1CCNC1. The molecule has 1 atom stereocenters. The van der Waals surface area contributed by atoms with E-state index in [0.717, 1.165) is 31.7 Å². The van der Waals surface area contributed by atoms with Gasteiger partial charge in [0, 0.05) is 19.1 Å². The summed E-state index contributed by atoms with van der Waals surface area (Å²) in [5.74, 6) is 0. The Bertz CT molecular complexity index is 331. The van der Waals surface area contributed by atoms with E-state index in [1.54, 1.807) is 0 Å². The van der Waals surface area contributed by atoms with Crippen LogP contribution >= 0.6 is 0 Å². The average molecular weight is 234 g/mol. The van der Waals surface area contributed by atoms with Crippen molar-refractivity contribution >= 4 is 0 Å². The van der Waals surface area contributed by atoms with Crippen molar-refractivity contribution in [2.75, 3.05) is 19.6 Å². The first-order valence-electron chi connectivity index (χ1n) is 6.47. The molecular weight excluding hydrogens is 212 g/mol. The summed E-state index contributed by atoms with van der Waals surface area (Å²) >= 11 is 0. The average Bonchev–Trinajstić information content (AvgIpc) is 2.90. The van der Waals surface area contributed by atoms with Gasteiger partial charge in [-0.3, -0.25) is 4.90 Å². The van der Waals surface area contributed by atoms with Crippen LogP contribution in [0.5, 0.6) is 0 Å². The first-order chi connectivity index (χ1) is 8.33. The van der Waals surface area contributed by atoms with Gasteiger partial charge in [0.2, 0.25) is 0 Å². The molecule has 1 saturated heterocycles. The summed E-state index contributed by atoms with van der Waals surface area (Å²) in [5.41, 5.74) is 2.32. The van der Waals surface area contributed by atoms with Gasteiger partial charge in [0.1, 0.15) is 0 Å². The maximum Gasteiger partial charge on any atom is 0.0681 e. The van der Waals surface area contributed by atoms with Crippen LogP contribution in [0.2, 0.25) is 0 Å². The second kappa shape index (κ2) is 6.15. The van der Waals surface area contributed by atoms with E-state index in [1.807, 2.05) is 12.1 Å². The lowest BCUT2D eigenvalue weighted by Gasteiger charge is -2.26. The lowest BCUT2D eigenvalue weighted by Crippen LogP contribution is -2.36. The van der Waals surface area contributed by atoms with Crippen LogP contribution in [0.3, 0.4) is 0 Å². The number of hydrogen-bond donors (Lipinski definition) is 2. The normalized spacial score (nSPS) is 20.1. The topological polar surface area (TPSA) is 35.5 Å². The number of aliphatic hydroxyl groups excluding tert-OH is 1. The summed E-state index contributed by atoms with van der Waals surface area (Å²) < 4.78 is 0. The number of hydrogen-bond acceptors (Lipinski definition) is 3. The van der Waals surface area contributed by atoms with Crippen LogP contribution in [0.1, 0.15) is 24.5 Å². The maximum absolute atomic E-state index is 9.01. The second-order valence-corrected chi connectivity index (χ2v) is 4.68. The van der Waals surface area contributed by atoms with Crippen LogP contribution in [-0.2, 0) is 13.2 Å². The molecule has 1 aromatic rings. The molecule has 2 rings (SSSR count). The molecule has 0 radical (unpaired) electrons. The monoisotopic (exact) mass is 234 g/mol. The first kappa shape index (κ1) is 12.6. The fourth-order valence-corrected chi connectivity index (χ4v) is 2.43. The minimum absolute atomic E-state index is 0.129. The van der Waals surface area contributed by atoms with Crippen molar-refractivity contribution in [3.05, 3.63) is 35.4 Å². The van der Waals surface area contributed by atoms with Crippen LogP contribution in [0.4, 0.5) is 0 Å². The molecule has 0 aliphatic carbocycles. The fourth-order valence-electron chi connectivity index (χ4n) is 2.43. The van der Waals surface area contributed by atoms with Gasteiger partial charge in [-0.1, -0.05) is 31.2 Å². The zero-order chi connectivity index (χ0) is 12.1. The van der Waals surface area contributed by atoms with Crippen LogP contribution in [0.15, 0.2) is 24.3 Å². The Labute approximate surface area is 103 Å². The van der Waals surface area contributed by atoms with Crippen molar-refractivity contribution in [2.24, 2.45) is 0 Å². The molecule has 2 N–H and O–H groups in total. The number of nitrogens with one attached hydrogen (secondary N) is 1. The number of likely N-dealkylation sites (N-methyl/N-ethyl adjacent to an activating group) is 1. The third-order valence-corrected chi connectivity index (χ3v) is 3.55. The van der Waals surface area contributed by atoms with Gasteiger partial charge in [-0.05, 0) is 30.6 Å². The molecule has 1 unspecified atom stereocenters. The third kappa shape index (κ3) is 3.28. The number of rotatable bonds is 5. The van der Waals surface area contributed by atoms with E-state index in [2.05, 4.69) is 29.3 Å². The van der Waals surface area contributed by atoms with Gasteiger partial charge >= 0.3 is 0 Å². The van der Waals surface area contributed by atoms with E-state index in [1.165, 1.54) is 12.0 Å². The molecule has 0 aromatic heterocycles. The zero-order valence-corrected chi connectivity index (χ0v) is 10.5. The highest BCUT2D eigenvalue weighted by Crippen LogP contribution is 2.13. The molecule has 3 heteroatoms. The smallest absolute Gasteiger partial charge is 0.0681 e. The molecule has 0 spiro atoms. The third-order valence-electron chi connectivity index (χ3n) is 3.55. The maximum atomic E-state index is 9.01. The van der Waals surface area contributed by atoms with Crippen LogP contribution in [0.25, 0.3) is 0 Å². The van der Waals surface area contributed by atoms with Crippen molar-refractivity contribution < 1.29 is 5.11 Å². The van der Waals surface area contributed by atoms with Gasteiger partial charge in [-0.2, -0.15) is 0 Å². The van der Waals surface area contributed by atoms with E-state index in [4.69, 9.17) is 5.11 Å². The van der Waals surface area contributed by atoms with Gasteiger partial charge in [0.15, 0.2) is 0 Å². The summed E-state index contributed by atoms with van der Waals surface area (Å²) in [6.45, 7) is 6.71. The minimum atomic E-state index is 0.129. The summed E-state index contributed by atoms with van der Waals surface area (Å²) in [6.07, 6.45) is 1.25. The summed E-state index contributed by atoms with van der Waals surface area (Å²) in [4.78, 5) is 2.52.